The molecule has 0 saturated carbocycles. The van der Waals surface area contributed by atoms with Crippen LogP contribution in [-0.4, -0.2) is 29.1 Å². The van der Waals surface area contributed by atoms with Crippen LogP contribution in [0.5, 0.6) is 0 Å². The molecule has 1 heterocycles. The second-order valence-electron chi connectivity index (χ2n) is 3.76. The van der Waals surface area contributed by atoms with E-state index in [9.17, 15) is 4.79 Å². The standard InChI is InChI=1S/C12H17ClN2O2/c13-10-5-6-11(15-9-10)12(17)14-7-3-1-2-4-8-16/h5-6,9,16H,1-4,7-8H2,(H,14,17). The van der Waals surface area contributed by atoms with Gasteiger partial charge >= 0.3 is 0 Å². The number of aromatic nitrogens is 1. The fourth-order valence-corrected chi connectivity index (χ4v) is 1.50. The van der Waals surface area contributed by atoms with Crippen LogP contribution in [0.4, 0.5) is 0 Å². The lowest BCUT2D eigenvalue weighted by atomic mass is 10.2. The summed E-state index contributed by atoms with van der Waals surface area (Å²) < 4.78 is 0. The summed E-state index contributed by atoms with van der Waals surface area (Å²) in [5.41, 5.74) is 0.379. The molecule has 0 unspecified atom stereocenters. The number of nitrogens with zero attached hydrogens (tertiary/aromatic N) is 1. The van der Waals surface area contributed by atoms with E-state index in [2.05, 4.69) is 10.3 Å². The molecule has 0 atom stereocenters. The fraction of sp³-hybridized carbons (Fsp3) is 0.500. The maximum Gasteiger partial charge on any atom is 0.269 e. The third-order valence-corrected chi connectivity index (χ3v) is 2.55. The highest BCUT2D eigenvalue weighted by molar-refractivity contribution is 6.30. The van der Waals surface area contributed by atoms with Gasteiger partial charge in [-0.15, -0.1) is 0 Å². The Bertz CT molecular complexity index is 341. The molecule has 4 nitrogen and oxygen atoms in total. The monoisotopic (exact) mass is 256 g/mol. The molecule has 0 aromatic carbocycles. The fourth-order valence-electron chi connectivity index (χ4n) is 1.39. The van der Waals surface area contributed by atoms with Gasteiger partial charge in [-0.2, -0.15) is 0 Å². The molecule has 17 heavy (non-hydrogen) atoms. The number of carbonyl (C=O) groups is 1. The normalized spacial score (nSPS) is 10.2. The molecule has 0 aliphatic carbocycles. The van der Waals surface area contributed by atoms with E-state index in [0.29, 0.717) is 17.3 Å². The Kier molecular flexibility index (Phi) is 6.58. The maximum atomic E-state index is 11.6. The van der Waals surface area contributed by atoms with Gasteiger partial charge in [0.15, 0.2) is 0 Å². The average Bonchev–Trinajstić information content (AvgIpc) is 2.34. The Balaban J connectivity index is 2.19. The lowest BCUT2D eigenvalue weighted by molar-refractivity contribution is 0.0948. The molecule has 94 valence electrons. The quantitative estimate of drug-likeness (QED) is 0.734. The van der Waals surface area contributed by atoms with Crippen molar-refractivity contribution < 1.29 is 9.90 Å². The largest absolute Gasteiger partial charge is 0.396 e. The number of unbranched alkanes of at least 4 members (excludes halogenated alkanes) is 3. The van der Waals surface area contributed by atoms with Crippen LogP contribution in [0.3, 0.4) is 0 Å². The molecule has 5 heteroatoms. The molecule has 1 aromatic heterocycles. The minimum Gasteiger partial charge on any atom is -0.396 e. The number of carbonyl (C=O) groups excluding carboxylic acids is 1. The van der Waals surface area contributed by atoms with Crippen molar-refractivity contribution in [3.05, 3.63) is 29.0 Å². The molecule has 1 rings (SSSR count). The lowest BCUT2D eigenvalue weighted by Gasteiger charge is -2.04. The summed E-state index contributed by atoms with van der Waals surface area (Å²) in [7, 11) is 0. The van der Waals surface area contributed by atoms with Gasteiger partial charge in [-0.25, -0.2) is 4.98 Å². The first-order valence-electron chi connectivity index (χ1n) is 5.74. The molecular weight excluding hydrogens is 240 g/mol. The molecule has 0 fully saturated rings. The molecule has 0 aliphatic rings. The topological polar surface area (TPSA) is 62.2 Å². The van der Waals surface area contributed by atoms with Gasteiger partial charge in [-0.3, -0.25) is 4.79 Å². The highest BCUT2D eigenvalue weighted by Gasteiger charge is 2.05. The minimum atomic E-state index is -0.177. The SMILES string of the molecule is O=C(NCCCCCCO)c1ccc(Cl)cn1. The Morgan fingerprint density at radius 1 is 1.29 bits per heavy atom. The number of halogens is 1. The number of aliphatic hydroxyl groups is 1. The first-order chi connectivity index (χ1) is 8.24. The number of hydrogen-bond donors (Lipinski definition) is 2. The predicted molar refractivity (Wildman–Crippen MR) is 67.1 cm³/mol. The van der Waals surface area contributed by atoms with Crippen LogP contribution in [0.25, 0.3) is 0 Å². The van der Waals surface area contributed by atoms with Crippen molar-refractivity contribution in [2.45, 2.75) is 25.7 Å². The van der Waals surface area contributed by atoms with E-state index in [1.54, 1.807) is 12.1 Å². The van der Waals surface area contributed by atoms with Gasteiger partial charge in [-0.1, -0.05) is 24.4 Å². The molecule has 0 spiro atoms. The second-order valence-corrected chi connectivity index (χ2v) is 4.19. The third kappa shape index (κ3) is 5.65. The molecular formula is C12H17ClN2O2. The highest BCUT2D eigenvalue weighted by atomic mass is 35.5. The molecule has 2 N–H and O–H groups in total. The van der Waals surface area contributed by atoms with E-state index in [1.807, 2.05) is 0 Å². The number of pyridine rings is 1. The van der Waals surface area contributed by atoms with Crippen molar-refractivity contribution in [3.63, 3.8) is 0 Å². The summed E-state index contributed by atoms with van der Waals surface area (Å²) >= 11 is 5.68. The number of aliphatic hydroxyl groups excluding tert-OH is 1. The van der Waals surface area contributed by atoms with Crippen LogP contribution >= 0.6 is 11.6 Å². The zero-order valence-corrected chi connectivity index (χ0v) is 10.4. The maximum absolute atomic E-state index is 11.6. The summed E-state index contributed by atoms with van der Waals surface area (Å²) in [6, 6.07) is 3.24. The van der Waals surface area contributed by atoms with Crippen molar-refractivity contribution in [2.75, 3.05) is 13.2 Å². The Morgan fingerprint density at radius 3 is 2.71 bits per heavy atom. The van der Waals surface area contributed by atoms with E-state index in [0.717, 1.165) is 25.7 Å². The molecule has 1 amide bonds. The van der Waals surface area contributed by atoms with Gasteiger partial charge in [-0.05, 0) is 25.0 Å². The minimum absolute atomic E-state index is 0.177. The third-order valence-electron chi connectivity index (χ3n) is 2.33. The molecule has 0 radical (unpaired) electrons. The van der Waals surface area contributed by atoms with Gasteiger partial charge in [0.2, 0.25) is 0 Å². The van der Waals surface area contributed by atoms with Crippen molar-refractivity contribution in [1.82, 2.24) is 10.3 Å². The summed E-state index contributed by atoms with van der Waals surface area (Å²) in [5.74, 6) is -0.177. The molecule has 1 aromatic rings. The summed E-state index contributed by atoms with van der Waals surface area (Å²) in [6.45, 7) is 0.871. The number of hydrogen-bond acceptors (Lipinski definition) is 3. The Labute approximate surface area is 106 Å². The van der Waals surface area contributed by atoms with Crippen LogP contribution in [0.2, 0.25) is 5.02 Å². The van der Waals surface area contributed by atoms with E-state index in [4.69, 9.17) is 16.7 Å². The van der Waals surface area contributed by atoms with Gasteiger partial charge in [0.25, 0.3) is 5.91 Å². The van der Waals surface area contributed by atoms with Crippen molar-refractivity contribution >= 4 is 17.5 Å². The Morgan fingerprint density at radius 2 is 2.06 bits per heavy atom. The van der Waals surface area contributed by atoms with Crippen LogP contribution in [0, 0.1) is 0 Å². The van der Waals surface area contributed by atoms with Crippen LogP contribution in [0.1, 0.15) is 36.2 Å². The van der Waals surface area contributed by atoms with Gasteiger partial charge in [0.05, 0.1) is 5.02 Å². The van der Waals surface area contributed by atoms with Crippen LogP contribution in [-0.2, 0) is 0 Å². The highest BCUT2D eigenvalue weighted by Crippen LogP contribution is 2.06. The van der Waals surface area contributed by atoms with Crippen LogP contribution < -0.4 is 5.32 Å². The van der Waals surface area contributed by atoms with E-state index in [-0.39, 0.29) is 12.5 Å². The summed E-state index contributed by atoms with van der Waals surface area (Å²) in [4.78, 5) is 15.5. The van der Waals surface area contributed by atoms with Crippen LogP contribution in [0.15, 0.2) is 18.3 Å². The second kappa shape index (κ2) is 8.03. The van der Waals surface area contributed by atoms with Crippen molar-refractivity contribution in [1.29, 1.82) is 0 Å². The zero-order chi connectivity index (χ0) is 12.5. The molecule has 0 bridgehead atoms. The summed E-state index contributed by atoms with van der Waals surface area (Å²) in [5, 5.41) is 11.9. The van der Waals surface area contributed by atoms with Gasteiger partial charge in [0.1, 0.15) is 5.69 Å². The smallest absolute Gasteiger partial charge is 0.269 e. The van der Waals surface area contributed by atoms with Crippen molar-refractivity contribution in [2.24, 2.45) is 0 Å². The van der Waals surface area contributed by atoms with E-state index < -0.39 is 0 Å². The number of rotatable bonds is 7. The number of nitrogens with one attached hydrogen (secondary N) is 1. The molecule has 0 aliphatic heterocycles. The predicted octanol–water partition coefficient (Wildman–Crippen LogP) is 2.02. The average molecular weight is 257 g/mol. The number of amides is 1. The first-order valence-corrected chi connectivity index (χ1v) is 6.12. The Hall–Kier alpha value is -1.13. The van der Waals surface area contributed by atoms with Gasteiger partial charge in [0, 0.05) is 19.3 Å². The zero-order valence-electron chi connectivity index (χ0n) is 9.66. The van der Waals surface area contributed by atoms with E-state index in [1.165, 1.54) is 6.20 Å². The first kappa shape index (κ1) is 13.9. The van der Waals surface area contributed by atoms with Crippen molar-refractivity contribution in [3.8, 4) is 0 Å². The lowest BCUT2D eigenvalue weighted by Crippen LogP contribution is -2.25. The molecule has 0 saturated heterocycles. The van der Waals surface area contributed by atoms with E-state index >= 15 is 0 Å². The van der Waals surface area contributed by atoms with Gasteiger partial charge < -0.3 is 10.4 Å². The summed E-state index contributed by atoms with van der Waals surface area (Å²) in [6.07, 6.45) is 5.20.